The number of rotatable bonds is 7. The van der Waals surface area contributed by atoms with E-state index in [-0.39, 0.29) is 12.1 Å². The van der Waals surface area contributed by atoms with E-state index in [1.165, 1.54) is 21.1 Å². The summed E-state index contributed by atoms with van der Waals surface area (Å²) in [5.41, 5.74) is 0.290. The van der Waals surface area contributed by atoms with Crippen LogP contribution in [0.15, 0.2) is 29.5 Å². The first-order valence-corrected chi connectivity index (χ1v) is 7.48. The second-order valence-electron chi connectivity index (χ2n) is 5.45. The SMILES string of the molecule is COc1ccc(OC)c([C@@H]2C(C(C)=O)=C(O)C(=O)N2CCC(=O)[O-])c1. The van der Waals surface area contributed by atoms with Gasteiger partial charge in [-0.05, 0) is 25.1 Å². The lowest BCUT2D eigenvalue weighted by molar-refractivity contribution is -0.305. The number of carbonyl (C=O) groups is 3. The van der Waals surface area contributed by atoms with E-state index >= 15 is 0 Å². The van der Waals surface area contributed by atoms with Gasteiger partial charge in [0, 0.05) is 24.5 Å². The molecule has 0 saturated heterocycles. The highest BCUT2D eigenvalue weighted by Crippen LogP contribution is 2.42. The van der Waals surface area contributed by atoms with Crippen LogP contribution in [0.4, 0.5) is 0 Å². The number of aliphatic hydroxyl groups excluding tert-OH is 1. The first-order chi connectivity index (χ1) is 11.8. The fourth-order valence-electron chi connectivity index (χ4n) is 2.83. The van der Waals surface area contributed by atoms with Gasteiger partial charge in [0.2, 0.25) is 0 Å². The summed E-state index contributed by atoms with van der Waals surface area (Å²) in [4.78, 5) is 36.3. The highest BCUT2D eigenvalue weighted by molar-refractivity contribution is 6.08. The third-order valence-corrected chi connectivity index (χ3v) is 3.97. The summed E-state index contributed by atoms with van der Waals surface area (Å²) in [6, 6.07) is 3.84. The van der Waals surface area contributed by atoms with Crippen molar-refractivity contribution < 1.29 is 34.1 Å². The van der Waals surface area contributed by atoms with Gasteiger partial charge < -0.3 is 29.4 Å². The Morgan fingerprint density at radius 1 is 1.28 bits per heavy atom. The molecule has 0 fully saturated rings. The lowest BCUT2D eigenvalue weighted by atomic mass is 9.95. The van der Waals surface area contributed by atoms with Crippen molar-refractivity contribution in [2.75, 3.05) is 20.8 Å². The molecule has 25 heavy (non-hydrogen) atoms. The summed E-state index contributed by atoms with van der Waals surface area (Å²) in [5, 5.41) is 20.9. The van der Waals surface area contributed by atoms with E-state index < -0.39 is 35.9 Å². The van der Waals surface area contributed by atoms with Gasteiger partial charge in [0.05, 0.1) is 25.8 Å². The van der Waals surface area contributed by atoms with E-state index in [0.717, 1.165) is 4.90 Å². The summed E-state index contributed by atoms with van der Waals surface area (Å²) < 4.78 is 10.5. The number of ketones is 1. The number of carboxylic acid groups (broad SMARTS) is 1. The van der Waals surface area contributed by atoms with Crippen molar-refractivity contribution in [3.05, 3.63) is 35.1 Å². The molecule has 8 nitrogen and oxygen atoms in total. The van der Waals surface area contributed by atoms with Crippen LogP contribution in [-0.2, 0) is 14.4 Å². The molecular formula is C17H18NO7-. The number of carbonyl (C=O) groups excluding carboxylic acids is 3. The van der Waals surface area contributed by atoms with Crippen LogP contribution in [0.3, 0.4) is 0 Å². The van der Waals surface area contributed by atoms with E-state index in [1.807, 2.05) is 0 Å². The van der Waals surface area contributed by atoms with Crippen molar-refractivity contribution in [3.8, 4) is 11.5 Å². The van der Waals surface area contributed by atoms with Gasteiger partial charge in [-0.3, -0.25) is 9.59 Å². The summed E-state index contributed by atoms with van der Waals surface area (Å²) >= 11 is 0. The molecule has 0 spiro atoms. The van der Waals surface area contributed by atoms with Gasteiger partial charge in [0.25, 0.3) is 5.91 Å². The van der Waals surface area contributed by atoms with Gasteiger partial charge in [-0.15, -0.1) is 0 Å². The number of aliphatic carboxylic acids is 1. The molecule has 0 aromatic heterocycles. The predicted molar refractivity (Wildman–Crippen MR) is 84.0 cm³/mol. The van der Waals surface area contributed by atoms with E-state index in [4.69, 9.17) is 9.47 Å². The Morgan fingerprint density at radius 2 is 1.96 bits per heavy atom. The van der Waals surface area contributed by atoms with Crippen LogP contribution in [0.2, 0.25) is 0 Å². The molecule has 8 heteroatoms. The maximum absolute atomic E-state index is 12.4. The average Bonchev–Trinajstić information content (AvgIpc) is 2.83. The molecule has 1 aromatic carbocycles. The van der Waals surface area contributed by atoms with Crippen LogP contribution in [0.25, 0.3) is 0 Å². The molecule has 1 atom stereocenters. The summed E-state index contributed by atoms with van der Waals surface area (Å²) in [6.45, 7) is 0.994. The topological polar surface area (TPSA) is 116 Å². The minimum absolute atomic E-state index is 0.116. The lowest BCUT2D eigenvalue weighted by Crippen LogP contribution is -2.35. The van der Waals surface area contributed by atoms with Gasteiger partial charge >= 0.3 is 0 Å². The molecule has 0 radical (unpaired) electrons. The molecule has 0 aliphatic carbocycles. The van der Waals surface area contributed by atoms with Gasteiger partial charge in [-0.1, -0.05) is 0 Å². The maximum Gasteiger partial charge on any atom is 0.290 e. The number of nitrogens with zero attached hydrogens (tertiary/aromatic N) is 1. The second kappa shape index (κ2) is 7.25. The number of carboxylic acids is 1. The average molecular weight is 348 g/mol. The summed E-state index contributed by atoms with van der Waals surface area (Å²) in [5.74, 6) is -2.54. The Balaban J connectivity index is 2.60. The molecule has 1 amide bonds. The summed E-state index contributed by atoms with van der Waals surface area (Å²) in [6.07, 6.45) is -0.438. The fourth-order valence-corrected chi connectivity index (χ4v) is 2.83. The van der Waals surface area contributed by atoms with Crippen LogP contribution >= 0.6 is 0 Å². The number of amides is 1. The van der Waals surface area contributed by atoms with Crippen LogP contribution < -0.4 is 14.6 Å². The third-order valence-electron chi connectivity index (χ3n) is 3.97. The maximum atomic E-state index is 12.4. The first kappa shape index (κ1) is 18.3. The highest BCUT2D eigenvalue weighted by atomic mass is 16.5. The minimum Gasteiger partial charge on any atom is -0.550 e. The Hall–Kier alpha value is -3.03. The molecule has 0 unspecified atom stereocenters. The Kier molecular flexibility index (Phi) is 5.31. The molecule has 1 N–H and O–H groups in total. The fraction of sp³-hybridized carbons (Fsp3) is 0.353. The monoisotopic (exact) mass is 348 g/mol. The Bertz CT molecular complexity index is 753. The van der Waals surface area contributed by atoms with E-state index in [0.29, 0.717) is 17.1 Å². The molecule has 2 rings (SSSR count). The van der Waals surface area contributed by atoms with Gasteiger partial charge in [0.15, 0.2) is 11.5 Å². The molecule has 0 bridgehead atoms. The number of Topliss-reactive ketones (excluding diaryl/α,β-unsaturated/α-hetero) is 1. The molecule has 1 aromatic rings. The number of ether oxygens (including phenoxy) is 2. The number of methoxy groups -OCH3 is 2. The first-order valence-electron chi connectivity index (χ1n) is 7.48. The van der Waals surface area contributed by atoms with Crippen molar-refractivity contribution in [3.63, 3.8) is 0 Å². The van der Waals surface area contributed by atoms with Crippen molar-refractivity contribution in [1.82, 2.24) is 4.90 Å². The quantitative estimate of drug-likeness (QED) is 0.744. The standard InChI is InChI=1S/C17H19NO7/c1-9(19)14-15(11-8-10(24-2)4-5-12(11)25-3)18(7-6-13(20)21)17(23)16(14)22/h4-5,8,15,22H,6-7H2,1-3H3,(H,20,21)/p-1/t15-/m1/s1. The van der Waals surface area contributed by atoms with Crippen molar-refractivity contribution in [2.24, 2.45) is 0 Å². The van der Waals surface area contributed by atoms with Gasteiger partial charge in [-0.25, -0.2) is 0 Å². The second-order valence-corrected chi connectivity index (χ2v) is 5.45. The van der Waals surface area contributed by atoms with Crippen molar-refractivity contribution >= 4 is 17.7 Å². The van der Waals surface area contributed by atoms with Gasteiger partial charge in [0.1, 0.15) is 11.5 Å². The largest absolute Gasteiger partial charge is 0.550 e. The lowest BCUT2D eigenvalue weighted by Gasteiger charge is -2.28. The third kappa shape index (κ3) is 3.42. The normalized spacial score (nSPS) is 17.0. The van der Waals surface area contributed by atoms with E-state index in [9.17, 15) is 24.6 Å². The highest BCUT2D eigenvalue weighted by Gasteiger charge is 2.43. The smallest absolute Gasteiger partial charge is 0.290 e. The number of hydrogen-bond donors (Lipinski definition) is 1. The van der Waals surface area contributed by atoms with E-state index in [2.05, 4.69) is 0 Å². The van der Waals surface area contributed by atoms with Gasteiger partial charge in [-0.2, -0.15) is 0 Å². The molecule has 1 heterocycles. The predicted octanol–water partition coefficient (Wildman–Crippen LogP) is 0.128. The van der Waals surface area contributed by atoms with Crippen molar-refractivity contribution in [2.45, 2.75) is 19.4 Å². The Morgan fingerprint density at radius 3 is 2.48 bits per heavy atom. The minimum atomic E-state index is -1.35. The molecule has 1 aliphatic heterocycles. The number of aliphatic hydroxyl groups is 1. The zero-order valence-corrected chi connectivity index (χ0v) is 14.1. The van der Waals surface area contributed by atoms with Crippen LogP contribution in [0, 0.1) is 0 Å². The molecule has 1 aliphatic rings. The molecular weight excluding hydrogens is 330 g/mol. The number of benzene rings is 1. The molecule has 0 saturated carbocycles. The number of hydrogen-bond acceptors (Lipinski definition) is 7. The Labute approximate surface area is 144 Å². The summed E-state index contributed by atoms with van der Waals surface area (Å²) in [7, 11) is 2.88. The molecule has 134 valence electrons. The van der Waals surface area contributed by atoms with E-state index in [1.54, 1.807) is 18.2 Å². The van der Waals surface area contributed by atoms with Crippen LogP contribution in [0.5, 0.6) is 11.5 Å². The van der Waals surface area contributed by atoms with Crippen molar-refractivity contribution in [1.29, 1.82) is 0 Å². The van der Waals surface area contributed by atoms with Crippen LogP contribution in [0.1, 0.15) is 24.9 Å². The van der Waals surface area contributed by atoms with Crippen LogP contribution in [-0.4, -0.2) is 48.4 Å². The zero-order valence-electron chi connectivity index (χ0n) is 14.1. The zero-order chi connectivity index (χ0) is 18.7.